The van der Waals surface area contributed by atoms with Crippen LogP contribution in [0.15, 0.2) is 0 Å². The fourth-order valence-corrected chi connectivity index (χ4v) is 1.53. The van der Waals surface area contributed by atoms with Crippen LogP contribution in [-0.2, 0) is 4.74 Å². The summed E-state index contributed by atoms with van der Waals surface area (Å²) in [7, 11) is 0. The second-order valence-electron chi connectivity index (χ2n) is 4.98. The molecular weight excluding hydrogens is 194 g/mol. The number of rotatable bonds is 2. The first-order valence-corrected chi connectivity index (χ1v) is 5.32. The van der Waals surface area contributed by atoms with Gasteiger partial charge in [-0.05, 0) is 27.2 Å². The molecule has 1 fully saturated rings. The first kappa shape index (κ1) is 12.3. The molecule has 88 valence electrons. The van der Waals surface area contributed by atoms with Gasteiger partial charge in [-0.1, -0.05) is 0 Å². The third-order valence-corrected chi connectivity index (χ3v) is 2.15. The third-order valence-electron chi connectivity index (χ3n) is 2.15. The highest BCUT2D eigenvalue weighted by molar-refractivity contribution is 5.67. The standard InChI is InChI=1S/C10H21N3O2/c1-10(2,3)15-9(14)13-6-8-4-7(11)5-12-8/h7-8,12H,4-6,11H2,1-3H3,(H,13,14)/t7-,8-/m0/s1. The average molecular weight is 215 g/mol. The minimum Gasteiger partial charge on any atom is -0.444 e. The fraction of sp³-hybridized carbons (Fsp3) is 0.900. The average Bonchev–Trinajstić information content (AvgIpc) is 2.45. The molecule has 0 bridgehead atoms. The fourth-order valence-electron chi connectivity index (χ4n) is 1.53. The molecule has 0 saturated carbocycles. The largest absolute Gasteiger partial charge is 0.444 e. The normalized spacial score (nSPS) is 26.4. The van der Waals surface area contributed by atoms with E-state index in [4.69, 9.17) is 10.5 Å². The van der Waals surface area contributed by atoms with Crippen molar-refractivity contribution in [3.8, 4) is 0 Å². The molecule has 5 heteroatoms. The number of hydrogen-bond donors (Lipinski definition) is 3. The zero-order valence-electron chi connectivity index (χ0n) is 9.67. The molecule has 1 heterocycles. The molecule has 1 saturated heterocycles. The lowest BCUT2D eigenvalue weighted by Gasteiger charge is -2.20. The third kappa shape index (κ3) is 4.99. The van der Waals surface area contributed by atoms with Crippen LogP contribution in [0.3, 0.4) is 0 Å². The molecule has 1 aliphatic heterocycles. The molecule has 2 atom stereocenters. The molecule has 4 N–H and O–H groups in total. The van der Waals surface area contributed by atoms with Gasteiger partial charge in [-0.3, -0.25) is 0 Å². The second-order valence-corrected chi connectivity index (χ2v) is 4.98. The Balaban J connectivity index is 2.17. The Hall–Kier alpha value is -0.810. The molecule has 0 aliphatic carbocycles. The van der Waals surface area contributed by atoms with Crippen molar-refractivity contribution in [2.24, 2.45) is 5.73 Å². The highest BCUT2D eigenvalue weighted by Gasteiger charge is 2.22. The van der Waals surface area contributed by atoms with Crippen molar-refractivity contribution in [1.29, 1.82) is 0 Å². The molecule has 0 aromatic rings. The number of alkyl carbamates (subject to hydrolysis) is 1. The Bertz CT molecular complexity index is 225. The van der Waals surface area contributed by atoms with Crippen molar-refractivity contribution < 1.29 is 9.53 Å². The predicted molar refractivity (Wildman–Crippen MR) is 58.6 cm³/mol. The van der Waals surface area contributed by atoms with Crippen molar-refractivity contribution >= 4 is 6.09 Å². The molecule has 15 heavy (non-hydrogen) atoms. The van der Waals surface area contributed by atoms with Gasteiger partial charge in [0.2, 0.25) is 0 Å². The van der Waals surface area contributed by atoms with Crippen LogP contribution in [0.2, 0.25) is 0 Å². The van der Waals surface area contributed by atoms with Crippen LogP contribution in [0.4, 0.5) is 4.79 Å². The highest BCUT2D eigenvalue weighted by Crippen LogP contribution is 2.07. The Morgan fingerprint density at radius 2 is 2.27 bits per heavy atom. The minimum atomic E-state index is -0.441. The lowest BCUT2D eigenvalue weighted by atomic mass is 10.2. The maximum absolute atomic E-state index is 11.3. The number of nitrogens with one attached hydrogen (secondary N) is 2. The van der Waals surface area contributed by atoms with Gasteiger partial charge in [0.1, 0.15) is 5.60 Å². The quantitative estimate of drug-likeness (QED) is 0.615. The van der Waals surface area contributed by atoms with Crippen LogP contribution in [-0.4, -0.2) is 36.9 Å². The number of amides is 1. The SMILES string of the molecule is CC(C)(C)OC(=O)NC[C@@H]1C[C@H](N)CN1. The molecule has 0 aromatic heterocycles. The molecule has 1 rings (SSSR count). The van der Waals surface area contributed by atoms with Gasteiger partial charge in [-0.15, -0.1) is 0 Å². The van der Waals surface area contributed by atoms with Gasteiger partial charge in [0.15, 0.2) is 0 Å². The minimum absolute atomic E-state index is 0.204. The summed E-state index contributed by atoms with van der Waals surface area (Å²) in [5, 5.41) is 5.95. The first-order valence-electron chi connectivity index (χ1n) is 5.32. The van der Waals surface area contributed by atoms with Crippen LogP contribution < -0.4 is 16.4 Å². The Morgan fingerprint density at radius 1 is 1.60 bits per heavy atom. The van der Waals surface area contributed by atoms with Crippen molar-refractivity contribution in [3.05, 3.63) is 0 Å². The van der Waals surface area contributed by atoms with Gasteiger partial charge in [-0.2, -0.15) is 0 Å². The van der Waals surface area contributed by atoms with Crippen LogP contribution in [0, 0.1) is 0 Å². The van der Waals surface area contributed by atoms with E-state index in [1.807, 2.05) is 20.8 Å². The van der Waals surface area contributed by atoms with Gasteiger partial charge in [-0.25, -0.2) is 4.79 Å². The van der Waals surface area contributed by atoms with E-state index < -0.39 is 5.60 Å². The van der Waals surface area contributed by atoms with Crippen molar-refractivity contribution in [2.75, 3.05) is 13.1 Å². The van der Waals surface area contributed by atoms with Gasteiger partial charge >= 0.3 is 6.09 Å². The topological polar surface area (TPSA) is 76.4 Å². The monoisotopic (exact) mass is 215 g/mol. The molecular formula is C10H21N3O2. The summed E-state index contributed by atoms with van der Waals surface area (Å²) in [5.41, 5.74) is 5.29. The molecule has 0 spiro atoms. The predicted octanol–water partition coefficient (Wildman–Crippen LogP) is 0.200. The molecule has 1 amide bonds. The summed E-state index contributed by atoms with van der Waals surface area (Å²) in [4.78, 5) is 11.3. The molecule has 0 aromatic carbocycles. The molecule has 1 aliphatic rings. The summed E-state index contributed by atoms with van der Waals surface area (Å²) in [6.45, 7) is 6.92. The zero-order valence-corrected chi connectivity index (χ0v) is 9.67. The lowest BCUT2D eigenvalue weighted by molar-refractivity contribution is 0.0523. The number of hydrogen-bond acceptors (Lipinski definition) is 4. The van der Waals surface area contributed by atoms with Crippen LogP contribution >= 0.6 is 0 Å². The van der Waals surface area contributed by atoms with Gasteiger partial charge in [0.05, 0.1) is 0 Å². The van der Waals surface area contributed by atoms with E-state index in [2.05, 4.69) is 10.6 Å². The van der Waals surface area contributed by atoms with E-state index >= 15 is 0 Å². The Kier molecular flexibility index (Phi) is 3.93. The van der Waals surface area contributed by atoms with Gasteiger partial charge in [0, 0.05) is 25.2 Å². The number of carbonyl (C=O) groups is 1. The lowest BCUT2D eigenvalue weighted by Crippen LogP contribution is -2.39. The van der Waals surface area contributed by atoms with Crippen molar-refractivity contribution in [3.63, 3.8) is 0 Å². The van der Waals surface area contributed by atoms with Crippen LogP contribution in [0.25, 0.3) is 0 Å². The Morgan fingerprint density at radius 3 is 2.73 bits per heavy atom. The van der Waals surface area contributed by atoms with E-state index in [1.165, 1.54) is 0 Å². The van der Waals surface area contributed by atoms with E-state index in [1.54, 1.807) is 0 Å². The number of nitrogens with two attached hydrogens (primary N) is 1. The van der Waals surface area contributed by atoms with E-state index in [0.29, 0.717) is 6.54 Å². The Labute approximate surface area is 90.7 Å². The zero-order chi connectivity index (χ0) is 11.5. The van der Waals surface area contributed by atoms with Crippen molar-refractivity contribution in [2.45, 2.75) is 44.9 Å². The summed E-state index contributed by atoms with van der Waals surface area (Å²) < 4.78 is 5.12. The van der Waals surface area contributed by atoms with Crippen molar-refractivity contribution in [1.82, 2.24) is 10.6 Å². The van der Waals surface area contributed by atoms with E-state index in [9.17, 15) is 4.79 Å². The maximum Gasteiger partial charge on any atom is 0.407 e. The van der Waals surface area contributed by atoms with Crippen LogP contribution in [0.5, 0.6) is 0 Å². The summed E-state index contributed by atoms with van der Waals surface area (Å²) >= 11 is 0. The second kappa shape index (κ2) is 4.81. The van der Waals surface area contributed by atoms with Crippen LogP contribution in [0.1, 0.15) is 27.2 Å². The summed E-state index contributed by atoms with van der Waals surface area (Å²) in [6.07, 6.45) is 0.528. The smallest absolute Gasteiger partial charge is 0.407 e. The molecule has 0 radical (unpaired) electrons. The maximum atomic E-state index is 11.3. The number of ether oxygens (including phenoxy) is 1. The molecule has 5 nitrogen and oxygen atoms in total. The van der Waals surface area contributed by atoms with Gasteiger partial charge < -0.3 is 21.1 Å². The van der Waals surface area contributed by atoms with E-state index in [-0.39, 0.29) is 18.2 Å². The highest BCUT2D eigenvalue weighted by atomic mass is 16.6. The summed E-state index contributed by atoms with van der Waals surface area (Å²) in [5.74, 6) is 0. The molecule has 0 unspecified atom stereocenters. The van der Waals surface area contributed by atoms with E-state index in [0.717, 1.165) is 13.0 Å². The first-order chi connectivity index (χ1) is 6.87. The number of carbonyl (C=O) groups excluding carboxylic acids is 1. The van der Waals surface area contributed by atoms with Gasteiger partial charge in [0.25, 0.3) is 0 Å². The summed E-state index contributed by atoms with van der Waals surface area (Å²) in [6, 6.07) is 0.475.